The van der Waals surface area contributed by atoms with E-state index in [9.17, 15) is 4.79 Å². The fraction of sp³-hybridized carbons (Fsp3) is 0.700. The third-order valence-corrected chi connectivity index (χ3v) is 2.07. The first-order valence-corrected chi connectivity index (χ1v) is 4.40. The van der Waals surface area contributed by atoms with Crippen LogP contribution in [0.3, 0.4) is 0 Å². The maximum absolute atomic E-state index is 11.0. The van der Waals surface area contributed by atoms with Gasteiger partial charge in [-0.25, -0.2) is 0 Å². The molecule has 0 aliphatic carbocycles. The number of ether oxygens (including phenoxy) is 1. The van der Waals surface area contributed by atoms with Crippen molar-refractivity contribution in [3.8, 4) is 12.3 Å². The van der Waals surface area contributed by atoms with Crippen LogP contribution in [0.1, 0.15) is 26.2 Å². The molecule has 0 aromatic carbocycles. The number of terminal acetylenes is 1. The number of carbonyl (C=O) groups excluding carboxylic acids is 1. The minimum atomic E-state index is -0.256. The second-order valence-electron chi connectivity index (χ2n) is 3.07. The standard InChI is InChI=1S/C10H17NO2/c1-4-5-6-7-9(11)8(2)10(12)13-3/h1,8-9H,5-7,11H2,2-3H3/t8-,9-/m1/s1. The van der Waals surface area contributed by atoms with Gasteiger partial charge in [0.1, 0.15) is 0 Å². The molecule has 2 atom stereocenters. The highest BCUT2D eigenvalue weighted by Gasteiger charge is 2.20. The van der Waals surface area contributed by atoms with Crippen molar-refractivity contribution >= 4 is 5.97 Å². The Bertz CT molecular complexity index is 196. The molecule has 0 bridgehead atoms. The minimum Gasteiger partial charge on any atom is -0.469 e. The van der Waals surface area contributed by atoms with Crippen molar-refractivity contribution in [2.75, 3.05) is 7.11 Å². The topological polar surface area (TPSA) is 52.3 Å². The second-order valence-corrected chi connectivity index (χ2v) is 3.07. The molecule has 0 aromatic rings. The first kappa shape index (κ1) is 12.0. The smallest absolute Gasteiger partial charge is 0.309 e. The van der Waals surface area contributed by atoms with Gasteiger partial charge in [-0.2, -0.15) is 0 Å². The number of methoxy groups -OCH3 is 1. The first-order chi connectivity index (χ1) is 6.13. The SMILES string of the molecule is C#CCCC[C@@H](N)[C@@H](C)C(=O)OC. The van der Waals surface area contributed by atoms with E-state index in [-0.39, 0.29) is 17.9 Å². The normalized spacial score (nSPS) is 14.3. The van der Waals surface area contributed by atoms with Crippen LogP contribution in [0.15, 0.2) is 0 Å². The largest absolute Gasteiger partial charge is 0.469 e. The highest BCUT2D eigenvalue weighted by atomic mass is 16.5. The van der Waals surface area contributed by atoms with Crippen molar-refractivity contribution in [2.24, 2.45) is 11.7 Å². The zero-order valence-corrected chi connectivity index (χ0v) is 8.25. The number of esters is 1. The molecule has 0 fully saturated rings. The summed E-state index contributed by atoms with van der Waals surface area (Å²) >= 11 is 0. The fourth-order valence-electron chi connectivity index (χ4n) is 1.05. The summed E-state index contributed by atoms with van der Waals surface area (Å²) in [5.41, 5.74) is 5.77. The highest BCUT2D eigenvalue weighted by molar-refractivity contribution is 5.72. The van der Waals surface area contributed by atoms with Gasteiger partial charge in [0.15, 0.2) is 0 Å². The number of carbonyl (C=O) groups is 1. The molecule has 0 unspecified atom stereocenters. The van der Waals surface area contributed by atoms with Gasteiger partial charge in [0, 0.05) is 12.5 Å². The van der Waals surface area contributed by atoms with Crippen molar-refractivity contribution in [1.82, 2.24) is 0 Å². The van der Waals surface area contributed by atoms with Crippen LogP contribution in [0.5, 0.6) is 0 Å². The molecular weight excluding hydrogens is 166 g/mol. The molecule has 3 nitrogen and oxygen atoms in total. The van der Waals surface area contributed by atoms with Gasteiger partial charge in [-0.05, 0) is 12.8 Å². The molecule has 13 heavy (non-hydrogen) atoms. The Morgan fingerprint density at radius 2 is 2.31 bits per heavy atom. The van der Waals surface area contributed by atoms with E-state index in [1.165, 1.54) is 7.11 Å². The van der Waals surface area contributed by atoms with Crippen LogP contribution in [0.2, 0.25) is 0 Å². The predicted molar refractivity (Wildman–Crippen MR) is 51.8 cm³/mol. The van der Waals surface area contributed by atoms with E-state index in [0.717, 1.165) is 12.8 Å². The lowest BCUT2D eigenvalue weighted by Gasteiger charge is -2.16. The Kier molecular flexibility index (Phi) is 5.99. The predicted octanol–water partition coefficient (Wildman–Crippen LogP) is 0.926. The highest BCUT2D eigenvalue weighted by Crippen LogP contribution is 2.09. The average Bonchev–Trinajstić information content (AvgIpc) is 2.15. The molecule has 0 rings (SSSR count). The number of hydrogen-bond acceptors (Lipinski definition) is 3. The third-order valence-electron chi connectivity index (χ3n) is 2.07. The Balaban J connectivity index is 3.76. The molecule has 3 heteroatoms. The van der Waals surface area contributed by atoms with E-state index in [1.807, 2.05) is 0 Å². The van der Waals surface area contributed by atoms with Gasteiger partial charge in [0.25, 0.3) is 0 Å². The molecule has 0 amide bonds. The van der Waals surface area contributed by atoms with Crippen LogP contribution < -0.4 is 5.73 Å². The second kappa shape index (κ2) is 6.50. The summed E-state index contributed by atoms with van der Waals surface area (Å²) in [5, 5.41) is 0. The maximum Gasteiger partial charge on any atom is 0.309 e. The lowest BCUT2D eigenvalue weighted by Crippen LogP contribution is -2.34. The number of unbranched alkanes of at least 4 members (excludes halogenated alkanes) is 1. The molecule has 0 heterocycles. The Morgan fingerprint density at radius 3 is 2.77 bits per heavy atom. The lowest BCUT2D eigenvalue weighted by atomic mass is 9.98. The molecule has 74 valence electrons. The maximum atomic E-state index is 11.0. The number of nitrogens with two attached hydrogens (primary N) is 1. The minimum absolute atomic E-state index is 0.152. The van der Waals surface area contributed by atoms with E-state index in [1.54, 1.807) is 6.92 Å². The van der Waals surface area contributed by atoms with Crippen LogP contribution in [-0.4, -0.2) is 19.1 Å². The number of hydrogen-bond donors (Lipinski definition) is 1. The zero-order valence-electron chi connectivity index (χ0n) is 8.25. The van der Waals surface area contributed by atoms with Crippen molar-refractivity contribution in [3.05, 3.63) is 0 Å². The van der Waals surface area contributed by atoms with Crippen LogP contribution in [0, 0.1) is 18.3 Å². The van der Waals surface area contributed by atoms with E-state index >= 15 is 0 Å². The third kappa shape index (κ3) is 4.54. The van der Waals surface area contributed by atoms with Crippen LogP contribution in [-0.2, 0) is 9.53 Å². The Labute approximate surface area is 79.6 Å². The van der Waals surface area contributed by atoms with E-state index in [0.29, 0.717) is 6.42 Å². The molecule has 0 radical (unpaired) electrons. The molecular formula is C10H17NO2. The summed E-state index contributed by atoms with van der Waals surface area (Å²) in [7, 11) is 1.37. The van der Waals surface area contributed by atoms with E-state index in [2.05, 4.69) is 10.7 Å². The summed E-state index contributed by atoms with van der Waals surface area (Å²) in [6.45, 7) is 1.77. The first-order valence-electron chi connectivity index (χ1n) is 4.40. The monoisotopic (exact) mass is 183 g/mol. The van der Waals surface area contributed by atoms with Gasteiger partial charge in [0.05, 0.1) is 13.0 Å². The lowest BCUT2D eigenvalue weighted by molar-refractivity contribution is -0.145. The van der Waals surface area contributed by atoms with E-state index in [4.69, 9.17) is 12.2 Å². The summed E-state index contributed by atoms with van der Waals surface area (Å²) in [6, 6.07) is -0.152. The Morgan fingerprint density at radius 1 is 1.69 bits per heavy atom. The fourth-order valence-corrected chi connectivity index (χ4v) is 1.05. The molecule has 0 aliphatic heterocycles. The quantitative estimate of drug-likeness (QED) is 0.392. The van der Waals surface area contributed by atoms with Gasteiger partial charge < -0.3 is 10.5 Å². The molecule has 2 N–H and O–H groups in total. The summed E-state index contributed by atoms with van der Waals surface area (Å²) in [4.78, 5) is 11.0. The van der Waals surface area contributed by atoms with Crippen LogP contribution >= 0.6 is 0 Å². The molecule has 0 saturated carbocycles. The van der Waals surface area contributed by atoms with Crippen LogP contribution in [0.4, 0.5) is 0 Å². The molecule has 0 saturated heterocycles. The van der Waals surface area contributed by atoms with Gasteiger partial charge in [-0.1, -0.05) is 6.92 Å². The Hall–Kier alpha value is -1.01. The van der Waals surface area contributed by atoms with E-state index < -0.39 is 0 Å². The zero-order chi connectivity index (χ0) is 10.3. The van der Waals surface area contributed by atoms with Crippen molar-refractivity contribution in [2.45, 2.75) is 32.2 Å². The molecule has 0 aliphatic rings. The molecule has 0 aromatic heterocycles. The van der Waals surface area contributed by atoms with Crippen molar-refractivity contribution in [3.63, 3.8) is 0 Å². The average molecular weight is 183 g/mol. The van der Waals surface area contributed by atoms with Crippen molar-refractivity contribution < 1.29 is 9.53 Å². The van der Waals surface area contributed by atoms with Gasteiger partial charge >= 0.3 is 5.97 Å². The molecule has 0 spiro atoms. The summed E-state index contributed by atoms with van der Waals surface area (Å²) in [5.74, 6) is 2.03. The van der Waals surface area contributed by atoms with Gasteiger partial charge in [-0.3, -0.25) is 4.79 Å². The van der Waals surface area contributed by atoms with Crippen LogP contribution in [0.25, 0.3) is 0 Å². The van der Waals surface area contributed by atoms with Crippen molar-refractivity contribution in [1.29, 1.82) is 0 Å². The van der Waals surface area contributed by atoms with Gasteiger partial charge in [-0.15, -0.1) is 12.3 Å². The number of rotatable bonds is 5. The summed E-state index contributed by atoms with van der Waals surface area (Å²) in [6.07, 6.45) is 7.43. The summed E-state index contributed by atoms with van der Waals surface area (Å²) < 4.78 is 4.58. The van der Waals surface area contributed by atoms with Gasteiger partial charge in [0.2, 0.25) is 0 Å².